The Hall–Kier alpha value is -2.54. The van der Waals surface area contributed by atoms with E-state index in [0.717, 1.165) is 25.1 Å². The van der Waals surface area contributed by atoms with Gasteiger partial charge in [0.05, 0.1) is 19.3 Å². The molecule has 0 unspecified atom stereocenters. The quantitative estimate of drug-likeness (QED) is 0.825. The smallest absolute Gasteiger partial charge is 0.274 e. The molecule has 2 aliphatic rings. The Balaban J connectivity index is 1.51. The first kappa shape index (κ1) is 16.9. The lowest BCUT2D eigenvalue weighted by Gasteiger charge is -2.48. The molecule has 4 rings (SSSR count). The fraction of sp³-hybridized carbons (Fsp3) is 0.421. The number of rotatable bonds is 2. The Morgan fingerprint density at radius 1 is 1.23 bits per heavy atom. The van der Waals surface area contributed by atoms with Crippen molar-refractivity contribution in [3.63, 3.8) is 0 Å². The lowest BCUT2D eigenvalue weighted by atomic mass is 9.90. The molecule has 136 valence electrons. The third-order valence-electron chi connectivity index (χ3n) is 5.03. The number of benzene rings is 1. The molecule has 0 radical (unpaired) electrons. The molecule has 26 heavy (non-hydrogen) atoms. The van der Waals surface area contributed by atoms with Crippen molar-refractivity contribution in [2.24, 2.45) is 0 Å². The molecule has 1 amide bonds. The number of anilines is 1. The minimum absolute atomic E-state index is 0.122. The van der Waals surface area contributed by atoms with E-state index in [1.165, 1.54) is 18.5 Å². The number of ether oxygens (including phenoxy) is 1. The van der Waals surface area contributed by atoms with Crippen LogP contribution in [-0.2, 0) is 4.74 Å². The van der Waals surface area contributed by atoms with Gasteiger partial charge in [-0.3, -0.25) is 9.78 Å². The van der Waals surface area contributed by atoms with Gasteiger partial charge in [-0.05, 0) is 31.0 Å². The summed E-state index contributed by atoms with van der Waals surface area (Å²) >= 11 is 0. The maximum Gasteiger partial charge on any atom is 0.274 e. The van der Waals surface area contributed by atoms with Crippen molar-refractivity contribution in [2.75, 3.05) is 37.7 Å². The van der Waals surface area contributed by atoms with Crippen molar-refractivity contribution in [3.8, 4) is 0 Å². The largest absolute Gasteiger partial charge is 0.369 e. The van der Waals surface area contributed by atoms with Crippen molar-refractivity contribution in [1.29, 1.82) is 0 Å². The van der Waals surface area contributed by atoms with Gasteiger partial charge in [0.1, 0.15) is 17.1 Å². The molecular weight excluding hydrogens is 335 g/mol. The fourth-order valence-electron chi connectivity index (χ4n) is 3.83. The molecule has 0 N–H and O–H groups in total. The van der Waals surface area contributed by atoms with E-state index >= 15 is 0 Å². The Labute approximate surface area is 151 Å². The number of nitrogens with zero attached hydrogens (tertiary/aromatic N) is 4. The average molecular weight is 356 g/mol. The molecule has 0 bridgehead atoms. The lowest BCUT2D eigenvalue weighted by molar-refractivity contribution is -0.105. The Bertz CT molecular complexity index is 784. The van der Waals surface area contributed by atoms with Gasteiger partial charge in [-0.2, -0.15) is 0 Å². The molecule has 3 heterocycles. The number of halogens is 1. The van der Waals surface area contributed by atoms with E-state index in [-0.39, 0.29) is 11.7 Å². The minimum Gasteiger partial charge on any atom is -0.369 e. The van der Waals surface area contributed by atoms with Crippen LogP contribution in [0.4, 0.5) is 10.1 Å². The molecule has 2 aliphatic heterocycles. The molecule has 2 saturated heterocycles. The standard InChI is InChI=1S/C19H21FN4O2/c20-15-3-1-4-16(11-15)23-8-2-5-19(13-23)14-24(9-10-26-19)18(25)17-12-21-6-7-22-17/h1,3-4,6-7,11-12H,2,5,8-10,13-14H2/t19-/m1/s1. The molecule has 1 aromatic carbocycles. The van der Waals surface area contributed by atoms with E-state index in [0.29, 0.717) is 31.9 Å². The first-order valence-corrected chi connectivity index (χ1v) is 8.85. The van der Waals surface area contributed by atoms with Gasteiger partial charge in [-0.15, -0.1) is 0 Å². The summed E-state index contributed by atoms with van der Waals surface area (Å²) in [6.07, 6.45) is 6.38. The van der Waals surface area contributed by atoms with E-state index in [1.807, 2.05) is 6.07 Å². The molecule has 7 heteroatoms. The average Bonchev–Trinajstić information content (AvgIpc) is 2.68. The van der Waals surface area contributed by atoms with Crippen LogP contribution in [0.5, 0.6) is 0 Å². The van der Waals surface area contributed by atoms with Gasteiger partial charge in [-0.25, -0.2) is 9.37 Å². The second kappa shape index (κ2) is 6.99. The SMILES string of the molecule is O=C(c1cnccn1)N1CCO[C@@]2(CCCN(c3cccc(F)c3)C2)C1. The Morgan fingerprint density at radius 2 is 2.15 bits per heavy atom. The summed E-state index contributed by atoms with van der Waals surface area (Å²) in [5.41, 5.74) is 0.771. The van der Waals surface area contributed by atoms with Crippen LogP contribution in [0.15, 0.2) is 42.9 Å². The first-order valence-electron chi connectivity index (χ1n) is 8.85. The Kier molecular flexibility index (Phi) is 4.55. The summed E-state index contributed by atoms with van der Waals surface area (Å²) in [5, 5.41) is 0. The van der Waals surface area contributed by atoms with E-state index in [1.54, 1.807) is 23.2 Å². The number of carbonyl (C=O) groups excluding carboxylic acids is 1. The minimum atomic E-state index is -0.430. The van der Waals surface area contributed by atoms with Crippen LogP contribution >= 0.6 is 0 Å². The molecule has 1 aromatic heterocycles. The van der Waals surface area contributed by atoms with Crippen LogP contribution < -0.4 is 4.90 Å². The van der Waals surface area contributed by atoms with E-state index in [9.17, 15) is 9.18 Å². The monoisotopic (exact) mass is 356 g/mol. The lowest BCUT2D eigenvalue weighted by Crippen LogP contribution is -2.61. The fourth-order valence-corrected chi connectivity index (χ4v) is 3.83. The topological polar surface area (TPSA) is 58.6 Å². The summed E-state index contributed by atoms with van der Waals surface area (Å²) in [6.45, 7) is 3.03. The van der Waals surface area contributed by atoms with Crippen molar-refractivity contribution in [2.45, 2.75) is 18.4 Å². The second-order valence-electron chi connectivity index (χ2n) is 6.85. The molecule has 2 aromatic rings. The molecule has 1 spiro atoms. The summed E-state index contributed by atoms with van der Waals surface area (Å²) in [4.78, 5) is 24.8. The number of piperidine rings is 1. The summed E-state index contributed by atoms with van der Waals surface area (Å²) in [6, 6.07) is 6.62. The predicted molar refractivity (Wildman–Crippen MR) is 94.5 cm³/mol. The molecular formula is C19H21FN4O2. The highest BCUT2D eigenvalue weighted by atomic mass is 19.1. The van der Waals surface area contributed by atoms with E-state index < -0.39 is 5.60 Å². The molecule has 1 atom stereocenters. The van der Waals surface area contributed by atoms with Crippen LogP contribution in [0, 0.1) is 5.82 Å². The van der Waals surface area contributed by atoms with Gasteiger partial charge in [0.25, 0.3) is 5.91 Å². The maximum absolute atomic E-state index is 13.6. The first-order chi connectivity index (χ1) is 12.7. The number of hydrogen-bond donors (Lipinski definition) is 0. The van der Waals surface area contributed by atoms with Gasteiger partial charge in [0.2, 0.25) is 0 Å². The predicted octanol–water partition coefficient (Wildman–Crippen LogP) is 2.13. The third kappa shape index (κ3) is 3.39. The second-order valence-corrected chi connectivity index (χ2v) is 6.85. The maximum atomic E-state index is 13.6. The van der Waals surface area contributed by atoms with Gasteiger partial charge in [-0.1, -0.05) is 6.07 Å². The molecule has 0 saturated carbocycles. The van der Waals surface area contributed by atoms with E-state index in [4.69, 9.17) is 4.74 Å². The highest BCUT2D eigenvalue weighted by Crippen LogP contribution is 2.32. The van der Waals surface area contributed by atoms with Crippen molar-refractivity contribution in [1.82, 2.24) is 14.9 Å². The number of carbonyl (C=O) groups is 1. The van der Waals surface area contributed by atoms with Gasteiger partial charge in [0.15, 0.2) is 0 Å². The van der Waals surface area contributed by atoms with Crippen LogP contribution in [0.25, 0.3) is 0 Å². The van der Waals surface area contributed by atoms with Crippen LogP contribution in [0.3, 0.4) is 0 Å². The number of aromatic nitrogens is 2. The Morgan fingerprint density at radius 3 is 2.96 bits per heavy atom. The van der Waals surface area contributed by atoms with E-state index in [2.05, 4.69) is 14.9 Å². The van der Waals surface area contributed by atoms with Crippen molar-refractivity contribution in [3.05, 3.63) is 54.4 Å². The third-order valence-corrected chi connectivity index (χ3v) is 5.03. The van der Waals surface area contributed by atoms with Crippen molar-refractivity contribution >= 4 is 11.6 Å². The molecule has 6 nitrogen and oxygen atoms in total. The molecule has 2 fully saturated rings. The van der Waals surface area contributed by atoms with Crippen molar-refractivity contribution < 1.29 is 13.9 Å². The zero-order chi connectivity index (χ0) is 18.0. The highest BCUT2D eigenvalue weighted by Gasteiger charge is 2.42. The van der Waals surface area contributed by atoms with Crippen LogP contribution in [0.1, 0.15) is 23.3 Å². The zero-order valence-corrected chi connectivity index (χ0v) is 14.5. The summed E-state index contributed by atoms with van der Waals surface area (Å²) < 4.78 is 19.7. The van der Waals surface area contributed by atoms with Gasteiger partial charge in [0, 0.05) is 37.7 Å². The highest BCUT2D eigenvalue weighted by molar-refractivity contribution is 5.92. The molecule has 0 aliphatic carbocycles. The zero-order valence-electron chi connectivity index (χ0n) is 14.5. The summed E-state index contributed by atoms with van der Waals surface area (Å²) in [7, 11) is 0. The van der Waals surface area contributed by atoms with Crippen LogP contribution in [0.2, 0.25) is 0 Å². The van der Waals surface area contributed by atoms with Crippen LogP contribution in [-0.4, -0.2) is 59.2 Å². The van der Waals surface area contributed by atoms with Gasteiger partial charge < -0.3 is 14.5 Å². The normalized spacial score (nSPS) is 23.3. The number of morpholine rings is 1. The number of amides is 1. The van der Waals surface area contributed by atoms with Gasteiger partial charge >= 0.3 is 0 Å². The number of hydrogen-bond acceptors (Lipinski definition) is 5. The summed E-state index contributed by atoms with van der Waals surface area (Å²) in [5.74, 6) is -0.366.